The molecule has 0 aliphatic carbocycles. The van der Waals surface area contributed by atoms with E-state index in [0.29, 0.717) is 12.2 Å². The molecule has 2 aromatic heterocycles. The molecule has 0 bridgehead atoms. The van der Waals surface area contributed by atoms with Crippen LogP contribution in [0.25, 0.3) is 0 Å². The zero-order valence-electron chi connectivity index (χ0n) is 10.7. The molecule has 0 radical (unpaired) electrons. The van der Waals surface area contributed by atoms with Crippen molar-refractivity contribution in [2.45, 2.75) is 17.7 Å². The average molecular weight is 298 g/mol. The van der Waals surface area contributed by atoms with Crippen molar-refractivity contribution in [2.75, 3.05) is 5.32 Å². The van der Waals surface area contributed by atoms with E-state index in [2.05, 4.69) is 10.4 Å². The highest BCUT2D eigenvalue weighted by Gasteiger charge is 2.19. The Morgan fingerprint density at radius 1 is 1.55 bits per heavy atom. The molecular weight excluding hydrogens is 284 g/mol. The van der Waals surface area contributed by atoms with Gasteiger partial charge >= 0.3 is 0 Å². The highest BCUT2D eigenvalue weighted by molar-refractivity contribution is 7.89. The first-order valence-electron chi connectivity index (χ1n) is 5.75. The molecule has 0 aliphatic rings. The molecule has 0 saturated carbocycles. The smallest absolute Gasteiger partial charge is 0.243 e. The number of aromatic nitrogens is 2. The van der Waals surface area contributed by atoms with Gasteiger partial charge in [-0.25, -0.2) is 13.6 Å². The lowest BCUT2D eigenvalue weighted by atomic mass is 10.2. The number of anilines is 1. The molecule has 0 unspecified atom stereocenters. The number of furan rings is 1. The van der Waals surface area contributed by atoms with E-state index in [1.165, 1.54) is 24.2 Å². The highest BCUT2D eigenvalue weighted by atomic mass is 32.2. The van der Waals surface area contributed by atoms with E-state index in [1.54, 1.807) is 12.1 Å². The second-order valence-corrected chi connectivity index (χ2v) is 5.72. The van der Waals surface area contributed by atoms with E-state index in [1.807, 2.05) is 0 Å². The number of hydrogen-bond donors (Lipinski definition) is 2. The molecule has 2 aromatic rings. The number of nitrogens with two attached hydrogens (primary N) is 1. The predicted molar refractivity (Wildman–Crippen MR) is 70.2 cm³/mol. The van der Waals surface area contributed by atoms with E-state index >= 15 is 0 Å². The highest BCUT2D eigenvalue weighted by Crippen LogP contribution is 2.17. The van der Waals surface area contributed by atoms with E-state index in [0.717, 1.165) is 0 Å². The number of nitrogens with one attached hydrogen (secondary N) is 1. The number of aryl methyl sites for hydroxylation is 2. The molecule has 2 heterocycles. The Labute approximate surface area is 115 Å². The maximum absolute atomic E-state index is 11.8. The van der Waals surface area contributed by atoms with Crippen LogP contribution in [0.15, 0.2) is 33.9 Å². The zero-order valence-corrected chi connectivity index (χ0v) is 11.6. The number of sulfonamides is 1. The van der Waals surface area contributed by atoms with Crippen molar-refractivity contribution in [3.8, 4) is 0 Å². The number of hydrogen-bond acceptors (Lipinski definition) is 5. The summed E-state index contributed by atoms with van der Waals surface area (Å²) in [5.74, 6) is 0.234. The Kier molecular flexibility index (Phi) is 3.91. The first-order valence-corrected chi connectivity index (χ1v) is 7.29. The minimum absolute atomic E-state index is 0.0700. The second-order valence-electron chi connectivity index (χ2n) is 4.19. The minimum atomic E-state index is -3.93. The van der Waals surface area contributed by atoms with Gasteiger partial charge in [0.25, 0.3) is 0 Å². The summed E-state index contributed by atoms with van der Waals surface area (Å²) < 4.78 is 29.1. The summed E-state index contributed by atoms with van der Waals surface area (Å²) in [6, 6.07) is 3.48. The lowest BCUT2D eigenvalue weighted by molar-refractivity contribution is -0.116. The van der Waals surface area contributed by atoms with Gasteiger partial charge in [-0.3, -0.25) is 9.48 Å². The molecule has 2 rings (SSSR count). The molecule has 0 spiro atoms. The predicted octanol–water partition coefficient (Wildman–Crippen LogP) is 0.232. The quantitative estimate of drug-likeness (QED) is 0.818. The SMILES string of the molecule is Cn1cc(S(N)(=O)=O)c(NC(=O)CCc2ccco2)n1. The number of primary sulfonamides is 1. The molecule has 108 valence electrons. The van der Waals surface area contributed by atoms with Crippen LogP contribution in [0.3, 0.4) is 0 Å². The van der Waals surface area contributed by atoms with Gasteiger partial charge in [0.1, 0.15) is 10.7 Å². The van der Waals surface area contributed by atoms with Crippen LogP contribution in [0, 0.1) is 0 Å². The maximum atomic E-state index is 11.8. The molecular formula is C11H14N4O4S. The lowest BCUT2D eigenvalue weighted by Gasteiger charge is -2.03. The first-order chi connectivity index (χ1) is 9.36. The maximum Gasteiger partial charge on any atom is 0.243 e. The molecule has 1 amide bonds. The van der Waals surface area contributed by atoms with Crippen molar-refractivity contribution in [3.05, 3.63) is 30.4 Å². The van der Waals surface area contributed by atoms with Crippen LogP contribution in [0.5, 0.6) is 0 Å². The summed E-state index contributed by atoms with van der Waals surface area (Å²) in [5, 5.41) is 11.3. The van der Waals surface area contributed by atoms with E-state index in [-0.39, 0.29) is 23.0 Å². The largest absolute Gasteiger partial charge is 0.469 e. The van der Waals surface area contributed by atoms with Gasteiger partial charge in [-0.15, -0.1) is 0 Å². The number of nitrogens with zero attached hydrogens (tertiary/aromatic N) is 2. The lowest BCUT2D eigenvalue weighted by Crippen LogP contribution is -2.18. The fourth-order valence-electron chi connectivity index (χ4n) is 1.65. The average Bonchev–Trinajstić information content (AvgIpc) is 2.95. The fourth-order valence-corrected chi connectivity index (χ4v) is 2.31. The molecule has 0 atom stereocenters. The van der Waals surface area contributed by atoms with Gasteiger partial charge in [-0.05, 0) is 12.1 Å². The molecule has 8 nitrogen and oxygen atoms in total. The molecule has 9 heteroatoms. The summed E-state index contributed by atoms with van der Waals surface area (Å²) in [7, 11) is -2.40. The molecule has 0 fully saturated rings. The van der Waals surface area contributed by atoms with Crippen molar-refractivity contribution < 1.29 is 17.6 Å². The number of amides is 1. The Balaban J connectivity index is 2.04. The van der Waals surface area contributed by atoms with Crippen LogP contribution in [-0.4, -0.2) is 24.1 Å². The third kappa shape index (κ3) is 3.45. The second kappa shape index (κ2) is 5.47. The molecule has 0 aromatic carbocycles. The van der Waals surface area contributed by atoms with Crippen molar-refractivity contribution >= 4 is 21.7 Å². The Morgan fingerprint density at radius 2 is 2.30 bits per heavy atom. The topological polar surface area (TPSA) is 120 Å². The van der Waals surface area contributed by atoms with Gasteiger partial charge in [-0.2, -0.15) is 5.10 Å². The Bertz CT molecular complexity index is 703. The Hall–Kier alpha value is -2.13. The van der Waals surface area contributed by atoms with Crippen LogP contribution in [0.1, 0.15) is 12.2 Å². The van der Waals surface area contributed by atoms with Gasteiger partial charge in [0.2, 0.25) is 15.9 Å². The number of carbonyl (C=O) groups excluding carboxylic acids is 1. The third-order valence-electron chi connectivity index (χ3n) is 2.54. The van der Waals surface area contributed by atoms with Gasteiger partial charge in [-0.1, -0.05) is 0 Å². The fraction of sp³-hybridized carbons (Fsp3) is 0.273. The van der Waals surface area contributed by atoms with Gasteiger partial charge in [0.15, 0.2) is 5.82 Å². The van der Waals surface area contributed by atoms with E-state index in [9.17, 15) is 13.2 Å². The monoisotopic (exact) mass is 298 g/mol. The van der Waals surface area contributed by atoms with Crippen molar-refractivity contribution in [2.24, 2.45) is 12.2 Å². The standard InChI is InChI=1S/C11H14N4O4S/c1-15-7-9(20(12,17)18)11(14-15)13-10(16)5-4-8-3-2-6-19-8/h2-3,6-7H,4-5H2,1H3,(H2,12,17,18)(H,13,14,16). The normalized spacial score (nSPS) is 11.5. The molecule has 0 aliphatic heterocycles. The molecule has 0 saturated heterocycles. The summed E-state index contributed by atoms with van der Waals surface area (Å²) in [4.78, 5) is 11.5. The Morgan fingerprint density at radius 3 is 2.90 bits per heavy atom. The van der Waals surface area contributed by atoms with Crippen LogP contribution < -0.4 is 10.5 Å². The summed E-state index contributed by atoms with van der Waals surface area (Å²) in [6.07, 6.45) is 3.31. The van der Waals surface area contributed by atoms with Crippen LogP contribution in [0.4, 0.5) is 5.82 Å². The van der Waals surface area contributed by atoms with E-state index in [4.69, 9.17) is 9.56 Å². The van der Waals surface area contributed by atoms with Crippen molar-refractivity contribution in [3.63, 3.8) is 0 Å². The third-order valence-corrected chi connectivity index (χ3v) is 3.45. The molecule has 20 heavy (non-hydrogen) atoms. The van der Waals surface area contributed by atoms with Crippen molar-refractivity contribution in [1.82, 2.24) is 9.78 Å². The van der Waals surface area contributed by atoms with E-state index < -0.39 is 10.0 Å². The summed E-state index contributed by atoms with van der Waals surface area (Å²) in [6.45, 7) is 0. The molecule has 3 N–H and O–H groups in total. The van der Waals surface area contributed by atoms with Gasteiger partial charge in [0.05, 0.1) is 6.26 Å². The summed E-state index contributed by atoms with van der Waals surface area (Å²) >= 11 is 0. The number of rotatable bonds is 5. The van der Waals surface area contributed by atoms with Crippen LogP contribution in [-0.2, 0) is 28.3 Å². The number of carbonyl (C=O) groups is 1. The van der Waals surface area contributed by atoms with Crippen molar-refractivity contribution in [1.29, 1.82) is 0 Å². The first kappa shape index (κ1) is 14.3. The zero-order chi connectivity index (χ0) is 14.8. The minimum Gasteiger partial charge on any atom is -0.469 e. The van der Waals surface area contributed by atoms with Gasteiger partial charge in [0, 0.05) is 26.1 Å². The summed E-state index contributed by atoms with van der Waals surface area (Å²) in [5.41, 5.74) is 0. The van der Waals surface area contributed by atoms with Crippen LogP contribution >= 0.6 is 0 Å². The van der Waals surface area contributed by atoms with Gasteiger partial charge < -0.3 is 9.73 Å². The van der Waals surface area contributed by atoms with Crippen LogP contribution in [0.2, 0.25) is 0 Å².